The lowest BCUT2D eigenvalue weighted by Crippen LogP contribution is -2.22. The number of aromatic nitrogens is 1. The van der Waals surface area contributed by atoms with Crippen LogP contribution < -0.4 is 4.74 Å². The monoisotopic (exact) mass is 351 g/mol. The van der Waals surface area contributed by atoms with E-state index in [1.807, 2.05) is 0 Å². The van der Waals surface area contributed by atoms with E-state index in [9.17, 15) is 31.1 Å². The predicted molar refractivity (Wildman–Crippen MR) is 61.2 cm³/mol. The highest BCUT2D eigenvalue weighted by molar-refractivity contribution is 6.17. The highest BCUT2D eigenvalue weighted by atomic mass is 35.5. The first-order valence-corrected chi connectivity index (χ1v) is 5.99. The van der Waals surface area contributed by atoms with E-state index in [1.54, 1.807) is 0 Å². The number of halogens is 7. The molecule has 0 spiro atoms. The third kappa shape index (κ3) is 4.65. The van der Waals surface area contributed by atoms with E-state index in [2.05, 4.69) is 14.5 Å². The second kappa shape index (κ2) is 6.59. The van der Waals surface area contributed by atoms with Gasteiger partial charge in [-0.25, -0.2) is 4.98 Å². The van der Waals surface area contributed by atoms with Crippen LogP contribution in [0.5, 0.6) is 5.88 Å². The molecular formula is C11H8ClF6NO3. The fourth-order valence-corrected chi connectivity index (χ4v) is 1.84. The number of hydrogen-bond acceptors (Lipinski definition) is 4. The lowest BCUT2D eigenvalue weighted by Gasteiger charge is -2.18. The molecular weight excluding hydrogens is 344 g/mol. The minimum absolute atomic E-state index is 0.148. The van der Waals surface area contributed by atoms with Gasteiger partial charge in [0.1, 0.15) is 0 Å². The third-order valence-electron chi connectivity index (χ3n) is 2.46. The Hall–Kier alpha value is -1.71. The second-order valence-corrected chi connectivity index (χ2v) is 4.13. The standard InChI is InChI=1S/C11H8ClF6NO3/c1-21-8(20)2-5-6(3-12)9(22-11(16,17)18)19-4-7(5)10(13,14)15/h4H,2-3H2,1H3. The number of methoxy groups -OCH3 is 1. The second-order valence-electron chi connectivity index (χ2n) is 3.87. The molecule has 0 bridgehead atoms. The number of ether oxygens (including phenoxy) is 2. The van der Waals surface area contributed by atoms with Crippen molar-refractivity contribution in [2.24, 2.45) is 0 Å². The van der Waals surface area contributed by atoms with Gasteiger partial charge in [0, 0.05) is 11.8 Å². The number of esters is 1. The lowest BCUT2D eigenvalue weighted by atomic mass is 10.0. The summed E-state index contributed by atoms with van der Waals surface area (Å²) in [6.07, 6.45) is -10.9. The van der Waals surface area contributed by atoms with Crippen LogP contribution in [0, 0.1) is 0 Å². The third-order valence-corrected chi connectivity index (χ3v) is 2.73. The fourth-order valence-electron chi connectivity index (χ4n) is 1.57. The van der Waals surface area contributed by atoms with Gasteiger partial charge in [0.15, 0.2) is 0 Å². The molecule has 0 amide bonds. The van der Waals surface area contributed by atoms with Crippen molar-refractivity contribution in [3.63, 3.8) is 0 Å². The topological polar surface area (TPSA) is 48.4 Å². The summed E-state index contributed by atoms with van der Waals surface area (Å²) in [5.41, 5.74) is -2.84. The quantitative estimate of drug-likeness (QED) is 0.473. The average Bonchev–Trinajstić information content (AvgIpc) is 2.35. The van der Waals surface area contributed by atoms with Gasteiger partial charge in [-0.2, -0.15) is 13.2 Å². The fraction of sp³-hybridized carbons (Fsp3) is 0.455. The molecule has 0 unspecified atom stereocenters. The van der Waals surface area contributed by atoms with Crippen LogP contribution in [0.3, 0.4) is 0 Å². The van der Waals surface area contributed by atoms with E-state index in [0.717, 1.165) is 7.11 Å². The minimum atomic E-state index is -5.17. The Bertz CT molecular complexity index is 558. The van der Waals surface area contributed by atoms with Gasteiger partial charge in [-0.15, -0.1) is 24.8 Å². The first-order chi connectivity index (χ1) is 9.99. The molecule has 0 fully saturated rings. The number of alkyl halides is 7. The zero-order valence-corrected chi connectivity index (χ0v) is 11.6. The maximum Gasteiger partial charge on any atom is 0.574 e. The van der Waals surface area contributed by atoms with Crippen LogP contribution in [-0.4, -0.2) is 24.4 Å². The highest BCUT2D eigenvalue weighted by Crippen LogP contribution is 2.37. The van der Waals surface area contributed by atoms with Crippen LogP contribution in [0.4, 0.5) is 26.3 Å². The molecule has 124 valence electrons. The lowest BCUT2D eigenvalue weighted by molar-refractivity contribution is -0.276. The largest absolute Gasteiger partial charge is 0.574 e. The molecule has 0 radical (unpaired) electrons. The Morgan fingerprint density at radius 1 is 1.23 bits per heavy atom. The maximum atomic E-state index is 12.9. The number of carbonyl (C=O) groups is 1. The molecule has 0 atom stereocenters. The van der Waals surface area contributed by atoms with Crippen molar-refractivity contribution in [1.82, 2.24) is 4.98 Å². The summed E-state index contributed by atoms with van der Waals surface area (Å²) in [6, 6.07) is 0. The Labute approximate surface area is 125 Å². The van der Waals surface area contributed by atoms with E-state index in [1.165, 1.54) is 0 Å². The Balaban J connectivity index is 3.48. The van der Waals surface area contributed by atoms with Crippen molar-refractivity contribution in [2.75, 3.05) is 7.11 Å². The Kier molecular flexibility index (Phi) is 5.49. The number of carbonyl (C=O) groups excluding carboxylic acids is 1. The molecule has 4 nitrogen and oxygen atoms in total. The van der Waals surface area contributed by atoms with Gasteiger partial charge < -0.3 is 9.47 Å². The molecule has 0 aromatic carbocycles. The van der Waals surface area contributed by atoms with Gasteiger partial charge >= 0.3 is 18.5 Å². The first kappa shape index (κ1) is 18.3. The van der Waals surface area contributed by atoms with E-state index >= 15 is 0 Å². The van der Waals surface area contributed by atoms with E-state index in [-0.39, 0.29) is 6.20 Å². The van der Waals surface area contributed by atoms with Crippen LogP contribution in [0.15, 0.2) is 6.20 Å². The number of hydrogen-bond donors (Lipinski definition) is 0. The van der Waals surface area contributed by atoms with Crippen molar-refractivity contribution >= 4 is 17.6 Å². The number of rotatable bonds is 4. The van der Waals surface area contributed by atoms with Crippen molar-refractivity contribution in [3.05, 3.63) is 22.9 Å². The van der Waals surface area contributed by atoms with Crippen molar-refractivity contribution in [2.45, 2.75) is 24.8 Å². The smallest absolute Gasteiger partial charge is 0.469 e. The van der Waals surface area contributed by atoms with Gasteiger partial charge in [-0.1, -0.05) is 0 Å². The molecule has 0 aliphatic heterocycles. The minimum Gasteiger partial charge on any atom is -0.469 e. The van der Waals surface area contributed by atoms with Gasteiger partial charge in [0.25, 0.3) is 0 Å². The van der Waals surface area contributed by atoms with Crippen molar-refractivity contribution < 1.29 is 40.6 Å². The van der Waals surface area contributed by atoms with Crippen LogP contribution in [-0.2, 0) is 28.0 Å². The molecule has 1 aromatic rings. The average molecular weight is 352 g/mol. The summed E-state index contributed by atoms with van der Waals surface area (Å²) in [7, 11) is 0.921. The van der Waals surface area contributed by atoms with Crippen LogP contribution in [0.2, 0.25) is 0 Å². The molecule has 22 heavy (non-hydrogen) atoms. The molecule has 0 N–H and O–H groups in total. The molecule has 1 aromatic heterocycles. The number of pyridine rings is 1. The van der Waals surface area contributed by atoms with E-state index in [0.29, 0.717) is 0 Å². The van der Waals surface area contributed by atoms with Gasteiger partial charge in [0.05, 0.1) is 25.0 Å². The maximum absolute atomic E-state index is 12.9. The Morgan fingerprint density at radius 3 is 2.23 bits per heavy atom. The van der Waals surface area contributed by atoms with Crippen molar-refractivity contribution in [1.29, 1.82) is 0 Å². The van der Waals surface area contributed by atoms with E-state index in [4.69, 9.17) is 11.6 Å². The molecule has 0 aliphatic rings. The summed E-state index contributed by atoms with van der Waals surface area (Å²) >= 11 is 5.41. The Morgan fingerprint density at radius 2 is 1.82 bits per heavy atom. The molecule has 0 saturated carbocycles. The van der Waals surface area contributed by atoms with Crippen LogP contribution in [0.1, 0.15) is 16.7 Å². The summed E-state index contributed by atoms with van der Waals surface area (Å²) in [6.45, 7) is 0. The summed E-state index contributed by atoms with van der Waals surface area (Å²) < 4.78 is 83.1. The van der Waals surface area contributed by atoms with Gasteiger partial charge in [-0.05, 0) is 5.56 Å². The molecule has 1 heterocycles. The predicted octanol–water partition coefficient (Wildman–Crippen LogP) is 3.45. The van der Waals surface area contributed by atoms with Crippen molar-refractivity contribution in [3.8, 4) is 5.88 Å². The summed E-state index contributed by atoms with van der Waals surface area (Å²) in [4.78, 5) is 14.2. The molecule has 0 aliphatic carbocycles. The highest BCUT2D eigenvalue weighted by Gasteiger charge is 2.39. The summed E-state index contributed by atoms with van der Waals surface area (Å²) in [5.74, 6) is -3.00. The molecule has 11 heteroatoms. The normalized spacial score (nSPS) is 12.2. The zero-order chi connectivity index (χ0) is 17.1. The van der Waals surface area contributed by atoms with E-state index < -0.39 is 53.4 Å². The summed E-state index contributed by atoms with van der Waals surface area (Å²) in [5, 5.41) is 0. The zero-order valence-electron chi connectivity index (χ0n) is 10.8. The van der Waals surface area contributed by atoms with Crippen LogP contribution >= 0.6 is 11.6 Å². The van der Waals surface area contributed by atoms with Crippen LogP contribution in [0.25, 0.3) is 0 Å². The molecule has 0 saturated heterocycles. The van der Waals surface area contributed by atoms with Gasteiger partial charge in [-0.3, -0.25) is 4.79 Å². The van der Waals surface area contributed by atoms with Gasteiger partial charge in [0.2, 0.25) is 5.88 Å². The number of nitrogens with zero attached hydrogens (tertiary/aromatic N) is 1. The first-order valence-electron chi connectivity index (χ1n) is 5.46. The molecule has 1 rings (SSSR count). The SMILES string of the molecule is COC(=O)Cc1c(C(F)(F)F)cnc(OC(F)(F)F)c1CCl.